The fraction of sp³-hybridized carbons (Fsp3) is 0.917. The van der Waals surface area contributed by atoms with Crippen LogP contribution in [0.5, 0.6) is 0 Å². The predicted octanol–water partition coefficient (Wildman–Crippen LogP) is 2.27. The van der Waals surface area contributed by atoms with Gasteiger partial charge < -0.3 is 15.0 Å². The van der Waals surface area contributed by atoms with Crippen molar-refractivity contribution in [3.63, 3.8) is 0 Å². The molecule has 0 bridgehead atoms. The fourth-order valence-corrected chi connectivity index (χ4v) is 1.72. The lowest BCUT2D eigenvalue weighted by Gasteiger charge is -2.36. The number of nitrogens with zero attached hydrogens (tertiary/aromatic N) is 1. The van der Waals surface area contributed by atoms with Gasteiger partial charge in [-0.15, -0.1) is 12.4 Å². The molecule has 1 saturated heterocycles. The Kier molecular flexibility index (Phi) is 6.27. The summed E-state index contributed by atoms with van der Waals surface area (Å²) >= 11 is 0. The smallest absolute Gasteiger partial charge is 0.410 e. The second-order valence-corrected chi connectivity index (χ2v) is 5.73. The van der Waals surface area contributed by atoms with Crippen molar-refractivity contribution in [3.8, 4) is 0 Å². The van der Waals surface area contributed by atoms with Crippen molar-refractivity contribution in [1.29, 1.82) is 0 Å². The first kappa shape index (κ1) is 16.5. The quantitative estimate of drug-likeness (QED) is 0.790. The second-order valence-electron chi connectivity index (χ2n) is 5.73. The highest BCUT2D eigenvalue weighted by Crippen LogP contribution is 2.13. The number of hydrogen-bond acceptors (Lipinski definition) is 3. The molecule has 1 amide bonds. The van der Waals surface area contributed by atoms with Crippen LogP contribution in [-0.4, -0.2) is 42.3 Å². The van der Waals surface area contributed by atoms with Gasteiger partial charge in [-0.2, -0.15) is 0 Å². The van der Waals surface area contributed by atoms with E-state index in [4.69, 9.17) is 4.74 Å². The molecule has 1 fully saturated rings. The number of rotatable bonds is 1. The number of piperazine rings is 1. The van der Waals surface area contributed by atoms with E-state index in [-0.39, 0.29) is 18.5 Å². The average Bonchev–Trinajstić information content (AvgIpc) is 2.15. The summed E-state index contributed by atoms with van der Waals surface area (Å²) in [6, 6.07) is 0.376. The summed E-state index contributed by atoms with van der Waals surface area (Å²) in [5.74, 6) is 0.533. The molecule has 17 heavy (non-hydrogen) atoms. The first-order valence-electron chi connectivity index (χ1n) is 6.01. The SMILES string of the molecule is CC(C)[C@H]1CN(C(=O)OC(C)(C)C)CCN1.Cl. The van der Waals surface area contributed by atoms with Gasteiger partial charge in [-0.25, -0.2) is 4.79 Å². The largest absolute Gasteiger partial charge is 0.444 e. The lowest BCUT2D eigenvalue weighted by molar-refractivity contribution is 0.0179. The fourth-order valence-electron chi connectivity index (χ4n) is 1.72. The second kappa shape index (κ2) is 6.45. The van der Waals surface area contributed by atoms with E-state index in [0.717, 1.165) is 19.6 Å². The monoisotopic (exact) mass is 264 g/mol. The molecule has 1 aliphatic heterocycles. The van der Waals surface area contributed by atoms with Crippen LogP contribution < -0.4 is 5.32 Å². The highest BCUT2D eigenvalue weighted by molar-refractivity contribution is 5.85. The third kappa shape index (κ3) is 5.59. The zero-order valence-electron chi connectivity index (χ0n) is 11.4. The summed E-state index contributed by atoms with van der Waals surface area (Å²) < 4.78 is 5.36. The summed E-state index contributed by atoms with van der Waals surface area (Å²) in [6.07, 6.45) is -0.195. The van der Waals surface area contributed by atoms with Crippen molar-refractivity contribution in [2.24, 2.45) is 5.92 Å². The number of amides is 1. The van der Waals surface area contributed by atoms with E-state index in [0.29, 0.717) is 12.0 Å². The van der Waals surface area contributed by atoms with Gasteiger partial charge in [-0.1, -0.05) is 13.8 Å². The van der Waals surface area contributed by atoms with E-state index in [9.17, 15) is 4.79 Å². The Balaban J connectivity index is 0.00000256. The van der Waals surface area contributed by atoms with Gasteiger partial charge in [0.25, 0.3) is 0 Å². The van der Waals surface area contributed by atoms with Crippen molar-refractivity contribution < 1.29 is 9.53 Å². The van der Waals surface area contributed by atoms with Crippen molar-refractivity contribution in [3.05, 3.63) is 0 Å². The molecular weight excluding hydrogens is 240 g/mol. The minimum absolute atomic E-state index is 0. The Morgan fingerprint density at radius 1 is 1.41 bits per heavy atom. The van der Waals surface area contributed by atoms with Crippen LogP contribution in [0.15, 0.2) is 0 Å². The maximum absolute atomic E-state index is 11.9. The van der Waals surface area contributed by atoms with E-state index in [1.165, 1.54) is 0 Å². The lowest BCUT2D eigenvalue weighted by atomic mass is 10.0. The molecule has 4 nitrogen and oxygen atoms in total. The summed E-state index contributed by atoms with van der Waals surface area (Å²) in [6.45, 7) is 12.3. The number of carbonyl (C=O) groups excluding carboxylic acids is 1. The van der Waals surface area contributed by atoms with Crippen LogP contribution in [0, 0.1) is 5.92 Å². The molecule has 1 atom stereocenters. The Morgan fingerprint density at radius 3 is 2.47 bits per heavy atom. The lowest BCUT2D eigenvalue weighted by Crippen LogP contribution is -2.55. The van der Waals surface area contributed by atoms with Crippen LogP contribution in [0.25, 0.3) is 0 Å². The van der Waals surface area contributed by atoms with Gasteiger partial charge in [0.2, 0.25) is 0 Å². The highest BCUT2D eigenvalue weighted by atomic mass is 35.5. The number of nitrogens with one attached hydrogen (secondary N) is 1. The number of hydrogen-bond donors (Lipinski definition) is 1. The van der Waals surface area contributed by atoms with Gasteiger partial charge in [0.05, 0.1) is 0 Å². The van der Waals surface area contributed by atoms with E-state index >= 15 is 0 Å². The van der Waals surface area contributed by atoms with Gasteiger partial charge >= 0.3 is 6.09 Å². The molecule has 0 unspecified atom stereocenters. The zero-order chi connectivity index (χ0) is 12.3. The molecular formula is C12H25ClN2O2. The Labute approximate surface area is 110 Å². The molecule has 0 aromatic carbocycles. The number of halogens is 1. The van der Waals surface area contributed by atoms with E-state index in [1.54, 1.807) is 4.90 Å². The molecule has 0 aromatic heterocycles. The molecule has 0 saturated carbocycles. The average molecular weight is 265 g/mol. The van der Waals surface area contributed by atoms with Crippen LogP contribution >= 0.6 is 12.4 Å². The van der Waals surface area contributed by atoms with Crippen LogP contribution in [0.2, 0.25) is 0 Å². The molecule has 1 aliphatic rings. The van der Waals surface area contributed by atoms with E-state index < -0.39 is 5.60 Å². The minimum Gasteiger partial charge on any atom is -0.444 e. The zero-order valence-corrected chi connectivity index (χ0v) is 12.3. The first-order valence-corrected chi connectivity index (χ1v) is 6.01. The third-order valence-corrected chi connectivity index (χ3v) is 2.66. The van der Waals surface area contributed by atoms with E-state index in [1.807, 2.05) is 20.8 Å². The van der Waals surface area contributed by atoms with Crippen LogP contribution in [0.3, 0.4) is 0 Å². The molecule has 1 heterocycles. The molecule has 5 heteroatoms. The Bertz CT molecular complexity index is 251. The van der Waals surface area contributed by atoms with Crippen molar-refractivity contribution >= 4 is 18.5 Å². The van der Waals surface area contributed by atoms with Gasteiger partial charge in [-0.3, -0.25) is 0 Å². The first-order chi connectivity index (χ1) is 7.29. The molecule has 102 valence electrons. The molecule has 0 radical (unpaired) electrons. The van der Waals surface area contributed by atoms with Crippen molar-refractivity contribution in [1.82, 2.24) is 10.2 Å². The van der Waals surface area contributed by atoms with Gasteiger partial charge in [0, 0.05) is 25.7 Å². The Morgan fingerprint density at radius 2 is 2.00 bits per heavy atom. The maximum Gasteiger partial charge on any atom is 0.410 e. The van der Waals surface area contributed by atoms with Gasteiger partial charge in [-0.05, 0) is 26.7 Å². The minimum atomic E-state index is -0.407. The normalized spacial score (nSPS) is 21.1. The predicted molar refractivity (Wildman–Crippen MR) is 71.7 cm³/mol. The summed E-state index contributed by atoms with van der Waals surface area (Å²) in [7, 11) is 0. The van der Waals surface area contributed by atoms with Crippen LogP contribution in [0.4, 0.5) is 4.79 Å². The van der Waals surface area contributed by atoms with Crippen molar-refractivity contribution in [2.75, 3.05) is 19.6 Å². The highest BCUT2D eigenvalue weighted by Gasteiger charge is 2.28. The van der Waals surface area contributed by atoms with Gasteiger partial charge in [0.1, 0.15) is 5.60 Å². The molecule has 1 N–H and O–H groups in total. The number of carbonyl (C=O) groups is 1. The van der Waals surface area contributed by atoms with Gasteiger partial charge in [0.15, 0.2) is 0 Å². The summed E-state index contributed by atoms with van der Waals surface area (Å²) in [5.41, 5.74) is -0.407. The molecule has 0 spiro atoms. The molecule has 1 rings (SSSR count). The molecule has 0 aliphatic carbocycles. The third-order valence-electron chi connectivity index (χ3n) is 2.66. The summed E-state index contributed by atoms with van der Waals surface area (Å²) in [4.78, 5) is 13.7. The van der Waals surface area contributed by atoms with Crippen molar-refractivity contribution in [2.45, 2.75) is 46.3 Å². The summed E-state index contributed by atoms with van der Waals surface area (Å²) in [5, 5.41) is 3.42. The number of ether oxygens (including phenoxy) is 1. The van der Waals surface area contributed by atoms with Crippen LogP contribution in [-0.2, 0) is 4.74 Å². The Hall–Kier alpha value is -0.480. The van der Waals surface area contributed by atoms with E-state index in [2.05, 4.69) is 19.2 Å². The molecule has 0 aromatic rings. The van der Waals surface area contributed by atoms with Crippen LogP contribution in [0.1, 0.15) is 34.6 Å². The standard InChI is InChI=1S/C12H24N2O2.ClH/c1-9(2)10-8-14(7-6-13-10)11(15)16-12(3,4)5;/h9-10,13H,6-8H2,1-5H3;1H/t10-;/m1./s1. The maximum atomic E-state index is 11.9. The topological polar surface area (TPSA) is 41.6 Å².